The Hall–Kier alpha value is -2.99. The van der Waals surface area contributed by atoms with Crippen LogP contribution in [0.5, 0.6) is 0 Å². The molecule has 0 radical (unpaired) electrons. The van der Waals surface area contributed by atoms with E-state index in [1.165, 1.54) is 0 Å². The Morgan fingerprint density at radius 1 is 0.963 bits per heavy atom. The van der Waals surface area contributed by atoms with Crippen LogP contribution in [-0.2, 0) is 7.05 Å². The van der Waals surface area contributed by atoms with Crippen LogP contribution in [0.2, 0.25) is 0 Å². The molecule has 1 saturated heterocycles. The average molecular weight is 362 g/mol. The second kappa shape index (κ2) is 6.96. The van der Waals surface area contributed by atoms with Crippen LogP contribution >= 0.6 is 0 Å². The molecular weight excluding hydrogens is 340 g/mol. The normalized spacial score (nSPS) is 15.3. The highest BCUT2D eigenvalue weighted by molar-refractivity contribution is 5.97. The third-order valence-electron chi connectivity index (χ3n) is 5.22. The minimum absolute atomic E-state index is 0.0660. The average Bonchev–Trinajstić information content (AvgIpc) is 2.71. The fraction of sp³-hybridized carbons (Fsp3) is 0.286. The van der Waals surface area contributed by atoms with Crippen LogP contribution in [0.3, 0.4) is 0 Å². The zero-order valence-corrected chi connectivity index (χ0v) is 15.6. The number of amides is 1. The molecule has 0 saturated carbocycles. The summed E-state index contributed by atoms with van der Waals surface area (Å²) < 4.78 is 1.57. The smallest absolute Gasteiger partial charge is 0.259 e. The van der Waals surface area contributed by atoms with Crippen molar-refractivity contribution in [3.63, 3.8) is 0 Å². The molecule has 1 aliphatic rings. The molecule has 0 spiro atoms. The Balaban J connectivity index is 1.67. The van der Waals surface area contributed by atoms with Crippen molar-refractivity contribution >= 4 is 16.7 Å². The number of hydrogen-bond donors (Lipinski definition) is 0. The molecular formula is C21H22N4O2. The van der Waals surface area contributed by atoms with Gasteiger partial charge in [0.2, 0.25) is 0 Å². The maximum Gasteiger partial charge on any atom is 0.259 e. The lowest BCUT2D eigenvalue weighted by atomic mass is 10.0. The van der Waals surface area contributed by atoms with Gasteiger partial charge in [0.05, 0.1) is 5.39 Å². The van der Waals surface area contributed by atoms with Crippen molar-refractivity contribution in [1.82, 2.24) is 19.4 Å². The van der Waals surface area contributed by atoms with Gasteiger partial charge in [0.15, 0.2) is 0 Å². The lowest BCUT2D eigenvalue weighted by Crippen LogP contribution is -2.47. The summed E-state index contributed by atoms with van der Waals surface area (Å²) in [5.41, 5.74) is 2.55. The van der Waals surface area contributed by atoms with Gasteiger partial charge in [-0.3, -0.25) is 14.6 Å². The first-order valence-electron chi connectivity index (χ1n) is 9.06. The van der Waals surface area contributed by atoms with E-state index >= 15 is 0 Å². The van der Waals surface area contributed by atoms with Crippen LogP contribution in [0.25, 0.3) is 21.9 Å². The monoisotopic (exact) mass is 362 g/mol. The maximum absolute atomic E-state index is 12.7. The lowest BCUT2D eigenvalue weighted by molar-refractivity contribution is 0.0664. The summed E-state index contributed by atoms with van der Waals surface area (Å²) in [6, 6.07) is 9.49. The fourth-order valence-electron chi connectivity index (χ4n) is 3.53. The molecule has 6 nitrogen and oxygen atoms in total. The molecule has 0 aliphatic carbocycles. The number of piperazine rings is 1. The summed E-state index contributed by atoms with van der Waals surface area (Å²) in [5.74, 6) is 0.0733. The molecule has 3 heterocycles. The van der Waals surface area contributed by atoms with Gasteiger partial charge in [-0.2, -0.15) is 0 Å². The van der Waals surface area contributed by atoms with Gasteiger partial charge in [-0.1, -0.05) is 12.1 Å². The van der Waals surface area contributed by atoms with Crippen molar-refractivity contribution in [3.8, 4) is 11.1 Å². The molecule has 0 N–H and O–H groups in total. The second-order valence-corrected chi connectivity index (χ2v) is 7.05. The van der Waals surface area contributed by atoms with E-state index < -0.39 is 0 Å². The number of hydrogen-bond acceptors (Lipinski definition) is 4. The predicted octanol–water partition coefficient (Wildman–Crippen LogP) is 1.99. The van der Waals surface area contributed by atoms with E-state index in [4.69, 9.17) is 0 Å². The Morgan fingerprint density at radius 3 is 2.37 bits per heavy atom. The van der Waals surface area contributed by atoms with E-state index in [9.17, 15) is 9.59 Å². The number of benzene rings is 1. The van der Waals surface area contributed by atoms with Crippen molar-refractivity contribution in [1.29, 1.82) is 0 Å². The molecule has 0 atom stereocenters. The Bertz CT molecular complexity index is 1050. The number of rotatable bonds is 2. The van der Waals surface area contributed by atoms with E-state index in [-0.39, 0.29) is 11.5 Å². The molecule has 1 aromatic carbocycles. The largest absolute Gasteiger partial charge is 0.336 e. The first-order valence-corrected chi connectivity index (χ1v) is 9.06. The number of aryl methyl sites for hydroxylation is 1. The van der Waals surface area contributed by atoms with Crippen LogP contribution in [0.4, 0.5) is 0 Å². The first-order chi connectivity index (χ1) is 13.0. The quantitative estimate of drug-likeness (QED) is 0.700. The van der Waals surface area contributed by atoms with E-state index in [1.807, 2.05) is 41.4 Å². The van der Waals surface area contributed by atoms with Gasteiger partial charge in [-0.05, 0) is 36.2 Å². The van der Waals surface area contributed by atoms with Crippen molar-refractivity contribution in [2.45, 2.75) is 0 Å². The third kappa shape index (κ3) is 3.24. The summed E-state index contributed by atoms with van der Waals surface area (Å²) in [7, 11) is 3.81. The van der Waals surface area contributed by atoms with E-state index in [2.05, 4.69) is 16.9 Å². The Labute approximate surface area is 157 Å². The summed E-state index contributed by atoms with van der Waals surface area (Å²) >= 11 is 0. The summed E-state index contributed by atoms with van der Waals surface area (Å²) in [5, 5.41) is 1.46. The number of fused-ring (bicyclic) bond motifs is 1. The van der Waals surface area contributed by atoms with Crippen LogP contribution in [0.1, 0.15) is 10.4 Å². The summed E-state index contributed by atoms with van der Waals surface area (Å²) in [6.07, 6.45) is 5.13. The van der Waals surface area contributed by atoms with Crippen LogP contribution < -0.4 is 5.56 Å². The standard InChI is InChI=1S/C21H22N4O2/c1-23-9-11-25(12-10-23)20(26)16-5-3-15(4-6-16)19-14-24(2)21(27)18-13-22-8-7-17(18)19/h3-8,13-14H,9-12H2,1-2H3. The number of aromatic nitrogens is 2. The number of nitrogens with zero attached hydrogens (tertiary/aromatic N) is 4. The Morgan fingerprint density at radius 2 is 1.67 bits per heavy atom. The highest BCUT2D eigenvalue weighted by atomic mass is 16.2. The minimum Gasteiger partial charge on any atom is -0.336 e. The van der Waals surface area contributed by atoms with Crippen LogP contribution in [-0.4, -0.2) is 58.5 Å². The van der Waals surface area contributed by atoms with Gasteiger partial charge < -0.3 is 14.4 Å². The molecule has 3 aromatic rings. The highest BCUT2D eigenvalue weighted by Gasteiger charge is 2.20. The summed E-state index contributed by atoms with van der Waals surface area (Å²) in [4.78, 5) is 33.3. The lowest BCUT2D eigenvalue weighted by Gasteiger charge is -2.32. The van der Waals surface area contributed by atoms with Gasteiger partial charge in [-0.25, -0.2) is 0 Å². The fourth-order valence-corrected chi connectivity index (χ4v) is 3.53. The number of carbonyl (C=O) groups is 1. The van der Waals surface area contributed by atoms with Gasteiger partial charge in [0.1, 0.15) is 0 Å². The highest BCUT2D eigenvalue weighted by Crippen LogP contribution is 2.26. The summed E-state index contributed by atoms with van der Waals surface area (Å²) in [6.45, 7) is 3.33. The molecule has 6 heteroatoms. The van der Waals surface area contributed by atoms with Crippen molar-refractivity contribution < 1.29 is 4.79 Å². The number of likely N-dealkylation sites (N-methyl/N-ethyl adjacent to an activating group) is 1. The molecule has 0 unspecified atom stereocenters. The molecule has 4 rings (SSSR count). The van der Waals surface area contributed by atoms with Gasteiger partial charge in [0, 0.05) is 62.9 Å². The SMILES string of the molecule is CN1CCN(C(=O)c2ccc(-c3cn(C)c(=O)c4cnccc34)cc2)CC1. The van der Waals surface area contributed by atoms with E-state index in [0.717, 1.165) is 42.7 Å². The van der Waals surface area contributed by atoms with Gasteiger partial charge in [0.25, 0.3) is 11.5 Å². The zero-order valence-electron chi connectivity index (χ0n) is 15.6. The Kier molecular flexibility index (Phi) is 4.49. The third-order valence-corrected chi connectivity index (χ3v) is 5.22. The van der Waals surface area contributed by atoms with Crippen molar-refractivity contribution in [3.05, 3.63) is 64.8 Å². The van der Waals surface area contributed by atoms with Gasteiger partial charge in [-0.15, -0.1) is 0 Å². The second-order valence-electron chi connectivity index (χ2n) is 7.05. The molecule has 0 bridgehead atoms. The molecule has 1 amide bonds. The topological polar surface area (TPSA) is 58.4 Å². The number of pyridine rings is 2. The molecule has 1 aliphatic heterocycles. The molecule has 138 valence electrons. The number of carbonyl (C=O) groups excluding carboxylic acids is 1. The minimum atomic E-state index is -0.0660. The maximum atomic E-state index is 12.7. The van der Waals surface area contributed by atoms with Gasteiger partial charge >= 0.3 is 0 Å². The first kappa shape index (κ1) is 17.4. The molecule has 1 fully saturated rings. The van der Waals surface area contributed by atoms with E-state index in [1.54, 1.807) is 24.0 Å². The molecule has 27 heavy (non-hydrogen) atoms. The molecule has 2 aromatic heterocycles. The predicted molar refractivity (Wildman–Crippen MR) is 106 cm³/mol. The van der Waals surface area contributed by atoms with Crippen LogP contribution in [0.15, 0.2) is 53.7 Å². The van der Waals surface area contributed by atoms with E-state index in [0.29, 0.717) is 10.9 Å². The van der Waals surface area contributed by atoms with Crippen molar-refractivity contribution in [2.75, 3.05) is 33.2 Å². The zero-order chi connectivity index (χ0) is 19.0. The van der Waals surface area contributed by atoms with Crippen LogP contribution in [0, 0.1) is 0 Å². The van der Waals surface area contributed by atoms with Crippen molar-refractivity contribution in [2.24, 2.45) is 7.05 Å².